The van der Waals surface area contributed by atoms with Gasteiger partial charge in [-0.2, -0.15) is 0 Å². The quantitative estimate of drug-likeness (QED) is 0.0443. The van der Waals surface area contributed by atoms with Crippen molar-refractivity contribution in [3.8, 4) is 0 Å². The minimum absolute atomic E-state index is 0.0231. The van der Waals surface area contributed by atoms with Gasteiger partial charge < -0.3 is 67.6 Å². The van der Waals surface area contributed by atoms with E-state index in [0.717, 1.165) is 20.8 Å². The molecular formula is C28H45N5O20. The lowest BCUT2D eigenvalue weighted by Gasteiger charge is -2.35. The van der Waals surface area contributed by atoms with E-state index in [1.807, 2.05) is 5.32 Å². The largest absolute Gasteiger partial charge is 0.481 e. The average Bonchev–Trinajstić information content (AvgIpc) is 2.98. The standard InChI is InChI=1S/C12H20N2O8.C11H16N2O8.C5H9NO4/c1-6(15)13-8(5-10(18)19)12(2,22)14-7(11(20)21)3-4-9(16)17;1-5(14)12-7(4-9(17)18)10(19)13-6(11(20)21)2-3-8(15)16;6-3(5(9)10)1-2-4(7)8/h7-8,14,22H,3-5H2,1-2H3,(H,13,15)(H,16,17)(H,18,19)(H,20,21);6-7H,2-4H2,1H3,(H,12,14)(H,13,19)(H,15,16)(H,17,18)(H,20,21);3H,1-2,6H2,(H,7,8)(H,9,10). The van der Waals surface area contributed by atoms with Gasteiger partial charge in [0.1, 0.15) is 29.9 Å². The summed E-state index contributed by atoms with van der Waals surface area (Å²) in [6.07, 6.45) is -3.22. The van der Waals surface area contributed by atoms with Gasteiger partial charge in [-0.3, -0.25) is 53.3 Å². The molecule has 0 aromatic carbocycles. The Hall–Kier alpha value is -5.95. The van der Waals surface area contributed by atoms with Crippen molar-refractivity contribution < 1.29 is 98.7 Å². The molecule has 0 aromatic rings. The number of rotatable bonds is 23. The van der Waals surface area contributed by atoms with Crippen LogP contribution in [0.5, 0.6) is 0 Å². The summed E-state index contributed by atoms with van der Waals surface area (Å²) >= 11 is 0. The monoisotopic (exact) mass is 771 g/mol. The average molecular weight is 772 g/mol. The van der Waals surface area contributed by atoms with Crippen molar-refractivity contribution in [2.75, 3.05) is 0 Å². The van der Waals surface area contributed by atoms with E-state index in [-0.39, 0.29) is 25.7 Å². The highest BCUT2D eigenvalue weighted by molar-refractivity contribution is 5.92. The molecule has 0 aliphatic rings. The Morgan fingerprint density at radius 2 is 0.925 bits per heavy atom. The number of aliphatic hydroxyl groups is 1. The van der Waals surface area contributed by atoms with Gasteiger partial charge in [-0.25, -0.2) is 4.79 Å². The van der Waals surface area contributed by atoms with E-state index >= 15 is 0 Å². The molecule has 0 aliphatic carbocycles. The minimum atomic E-state index is -2.06. The highest BCUT2D eigenvalue weighted by Crippen LogP contribution is 2.14. The fourth-order valence-corrected chi connectivity index (χ4v) is 3.62. The lowest BCUT2D eigenvalue weighted by atomic mass is 9.99. The van der Waals surface area contributed by atoms with E-state index in [9.17, 15) is 57.8 Å². The van der Waals surface area contributed by atoms with Gasteiger partial charge >= 0.3 is 47.8 Å². The number of amides is 3. The molecule has 0 fully saturated rings. The summed E-state index contributed by atoms with van der Waals surface area (Å²) in [5, 5.41) is 87.5. The van der Waals surface area contributed by atoms with Crippen LogP contribution in [0.2, 0.25) is 0 Å². The van der Waals surface area contributed by atoms with Crippen LogP contribution in [0.4, 0.5) is 0 Å². The molecule has 6 atom stereocenters. The van der Waals surface area contributed by atoms with Gasteiger partial charge in [-0.1, -0.05) is 0 Å². The molecule has 0 saturated carbocycles. The lowest BCUT2D eigenvalue weighted by Crippen LogP contribution is -2.63. The molecule has 0 radical (unpaired) electrons. The van der Waals surface area contributed by atoms with Crippen LogP contribution in [0.15, 0.2) is 0 Å². The van der Waals surface area contributed by atoms with E-state index in [1.165, 1.54) is 0 Å². The zero-order chi connectivity index (χ0) is 42.2. The number of carboxylic acid groups (broad SMARTS) is 8. The Morgan fingerprint density at radius 3 is 1.26 bits per heavy atom. The van der Waals surface area contributed by atoms with Crippen molar-refractivity contribution in [2.24, 2.45) is 5.73 Å². The number of hydrogen-bond donors (Lipinski definition) is 14. The molecule has 0 bridgehead atoms. The van der Waals surface area contributed by atoms with E-state index < -0.39 is 127 Å². The van der Waals surface area contributed by atoms with Gasteiger partial charge in [0.25, 0.3) is 0 Å². The zero-order valence-electron chi connectivity index (χ0n) is 28.6. The first kappa shape index (κ1) is 51.4. The SMILES string of the molecule is CC(=O)NC(CC(=O)O)C(=O)NC(CCC(=O)O)C(=O)O.CC(=O)NC(CC(=O)O)C(C)(O)NC(CCC(=O)O)C(=O)O.NC(CCC(=O)O)C(=O)O. The Morgan fingerprint density at radius 1 is 0.528 bits per heavy atom. The first-order valence-electron chi connectivity index (χ1n) is 15.0. The van der Waals surface area contributed by atoms with E-state index in [2.05, 4.69) is 16.0 Å². The highest BCUT2D eigenvalue weighted by Gasteiger charge is 2.38. The molecule has 3 amide bonds. The molecule has 53 heavy (non-hydrogen) atoms. The Labute approximate surface area is 299 Å². The number of hydrogen-bond acceptors (Lipinski definition) is 14. The summed E-state index contributed by atoms with van der Waals surface area (Å²) in [7, 11) is 0. The van der Waals surface area contributed by atoms with Gasteiger partial charge in [0.2, 0.25) is 17.7 Å². The Kier molecular flexibility index (Phi) is 25.1. The van der Waals surface area contributed by atoms with Crippen molar-refractivity contribution in [1.82, 2.24) is 21.3 Å². The van der Waals surface area contributed by atoms with Crippen LogP contribution in [-0.2, 0) is 52.7 Å². The van der Waals surface area contributed by atoms with Gasteiger partial charge in [0.05, 0.1) is 18.9 Å². The number of carbonyl (C=O) groups is 11. The van der Waals surface area contributed by atoms with Crippen LogP contribution in [0.25, 0.3) is 0 Å². The van der Waals surface area contributed by atoms with Crippen LogP contribution in [-0.4, -0.2) is 147 Å². The van der Waals surface area contributed by atoms with Crippen molar-refractivity contribution in [1.29, 1.82) is 0 Å². The van der Waals surface area contributed by atoms with Crippen molar-refractivity contribution in [3.05, 3.63) is 0 Å². The summed E-state index contributed by atoms with van der Waals surface area (Å²) in [6.45, 7) is 3.29. The summed E-state index contributed by atoms with van der Waals surface area (Å²) < 4.78 is 0. The van der Waals surface area contributed by atoms with E-state index in [4.69, 9.17) is 46.6 Å². The molecule has 0 aromatic heterocycles. The molecule has 0 rings (SSSR count). The molecular weight excluding hydrogens is 726 g/mol. The maximum absolute atomic E-state index is 11.8. The number of aliphatic carboxylic acids is 8. The van der Waals surface area contributed by atoms with Gasteiger partial charge in [0.15, 0.2) is 0 Å². The topological polar surface area (TPSA) is 444 Å². The van der Waals surface area contributed by atoms with Crippen LogP contribution in [0.1, 0.15) is 72.1 Å². The summed E-state index contributed by atoms with van der Waals surface area (Å²) in [5.41, 5.74) is 2.94. The third-order valence-corrected chi connectivity index (χ3v) is 6.17. The molecule has 0 aliphatic heterocycles. The molecule has 6 unspecified atom stereocenters. The maximum Gasteiger partial charge on any atom is 0.326 e. The second-order valence-corrected chi connectivity index (χ2v) is 11.0. The number of carbonyl (C=O) groups excluding carboxylic acids is 3. The first-order valence-corrected chi connectivity index (χ1v) is 15.0. The zero-order valence-corrected chi connectivity index (χ0v) is 28.6. The fourth-order valence-electron chi connectivity index (χ4n) is 3.62. The normalized spacial score (nSPS) is 14.1. The van der Waals surface area contributed by atoms with E-state index in [0.29, 0.717) is 0 Å². The van der Waals surface area contributed by atoms with Crippen molar-refractivity contribution >= 4 is 65.5 Å². The Balaban J connectivity index is -0.000000756. The maximum atomic E-state index is 11.8. The predicted octanol–water partition coefficient (Wildman–Crippen LogP) is -3.76. The molecule has 0 saturated heterocycles. The van der Waals surface area contributed by atoms with Crippen molar-refractivity contribution in [2.45, 2.75) is 108 Å². The predicted molar refractivity (Wildman–Crippen MR) is 171 cm³/mol. The van der Waals surface area contributed by atoms with Gasteiger partial charge in [0, 0.05) is 33.1 Å². The number of nitrogens with one attached hydrogen (secondary N) is 4. The van der Waals surface area contributed by atoms with Gasteiger partial charge in [-0.15, -0.1) is 0 Å². The van der Waals surface area contributed by atoms with Crippen LogP contribution < -0.4 is 27.0 Å². The smallest absolute Gasteiger partial charge is 0.326 e. The molecule has 25 nitrogen and oxygen atoms in total. The first-order chi connectivity index (χ1) is 24.1. The third kappa shape index (κ3) is 28.4. The van der Waals surface area contributed by atoms with Crippen LogP contribution in [0.3, 0.4) is 0 Å². The minimum Gasteiger partial charge on any atom is -0.481 e. The molecule has 15 N–H and O–H groups in total. The second-order valence-electron chi connectivity index (χ2n) is 11.0. The molecule has 0 spiro atoms. The summed E-state index contributed by atoms with van der Waals surface area (Å²) in [6, 6.07) is -6.70. The highest BCUT2D eigenvalue weighted by atomic mass is 16.4. The van der Waals surface area contributed by atoms with E-state index in [1.54, 1.807) is 0 Å². The summed E-state index contributed by atoms with van der Waals surface area (Å²) in [5.74, 6) is -12.4. The Bertz CT molecular complexity index is 1300. The third-order valence-electron chi connectivity index (χ3n) is 6.17. The number of carboxylic acids is 8. The molecule has 302 valence electrons. The van der Waals surface area contributed by atoms with Crippen LogP contribution in [0, 0.1) is 0 Å². The van der Waals surface area contributed by atoms with Gasteiger partial charge in [-0.05, 0) is 26.2 Å². The lowest BCUT2D eigenvalue weighted by molar-refractivity contribution is -0.146. The number of nitrogens with two attached hydrogens (primary N) is 1. The summed E-state index contributed by atoms with van der Waals surface area (Å²) in [4.78, 5) is 118. The second kappa shape index (κ2) is 25.9. The van der Waals surface area contributed by atoms with Crippen LogP contribution >= 0.6 is 0 Å². The molecule has 25 heteroatoms. The molecule has 0 heterocycles. The fraction of sp³-hybridized carbons (Fsp3) is 0.607. The van der Waals surface area contributed by atoms with Crippen molar-refractivity contribution in [3.63, 3.8) is 0 Å².